The van der Waals surface area contributed by atoms with Gasteiger partial charge >= 0.3 is 0 Å². The largest absolute Gasteiger partial charge is 0.229 e. The molecule has 0 aromatic heterocycles. The van der Waals surface area contributed by atoms with Crippen LogP contribution in [0.1, 0.15) is 5.56 Å². The van der Waals surface area contributed by atoms with Crippen molar-refractivity contribution in [1.82, 2.24) is 0 Å². The molecule has 82 valence electrons. The minimum atomic E-state index is -1.34. The average molecular weight is 228 g/mol. The summed E-state index contributed by atoms with van der Waals surface area (Å²) in [4.78, 5) is 7.85. The molecule has 2 nitrogen and oxygen atoms in total. The van der Waals surface area contributed by atoms with Gasteiger partial charge < -0.3 is 0 Å². The van der Waals surface area contributed by atoms with Gasteiger partial charge in [0.05, 0.1) is 17.3 Å². The molecular weight excluding hydrogens is 212 g/mol. The van der Waals surface area contributed by atoms with Gasteiger partial charge in [0.1, 0.15) is 8.07 Å². The molecule has 0 aliphatic rings. The third-order valence-electron chi connectivity index (χ3n) is 1.75. The summed E-state index contributed by atoms with van der Waals surface area (Å²) in [5.74, 6) is 3.20. The van der Waals surface area contributed by atoms with E-state index in [4.69, 9.17) is 0 Å². The third kappa shape index (κ3) is 4.27. The summed E-state index contributed by atoms with van der Waals surface area (Å²) in [7, 11) is 0.312. The predicted octanol–water partition coefficient (Wildman–Crippen LogP) is 3.35. The zero-order valence-electron chi connectivity index (χ0n) is 10.2. The van der Waals surface area contributed by atoms with E-state index in [1.807, 2.05) is 24.3 Å². The lowest BCUT2D eigenvalue weighted by molar-refractivity contribution is 1.43. The van der Waals surface area contributed by atoms with Gasteiger partial charge in [-0.05, 0) is 12.1 Å². The van der Waals surface area contributed by atoms with E-state index in [9.17, 15) is 0 Å². The van der Waals surface area contributed by atoms with Crippen molar-refractivity contribution in [3.05, 3.63) is 29.8 Å². The maximum Gasteiger partial charge on any atom is 0.129 e. The molecule has 0 heterocycles. The van der Waals surface area contributed by atoms with Gasteiger partial charge in [-0.25, -0.2) is 4.99 Å². The predicted molar refractivity (Wildman–Crippen MR) is 72.1 cm³/mol. The van der Waals surface area contributed by atoms with E-state index in [1.54, 1.807) is 7.05 Å². The van der Waals surface area contributed by atoms with Gasteiger partial charge in [-0.3, -0.25) is 0 Å². The first-order valence-electron chi connectivity index (χ1n) is 5.20. The van der Waals surface area contributed by atoms with Gasteiger partial charge in [-0.15, -0.1) is 5.54 Å². The smallest absolute Gasteiger partial charge is 0.129 e. The van der Waals surface area contributed by atoms with Crippen molar-refractivity contribution in [2.45, 2.75) is 19.6 Å². The zero-order chi connectivity index (χ0) is 12.0. The van der Waals surface area contributed by atoms with E-state index in [1.165, 1.54) is 0 Å². The molecule has 0 atom stereocenters. The topological polar surface area (TPSA) is 24.7 Å². The van der Waals surface area contributed by atoms with Crippen LogP contribution >= 0.6 is 0 Å². The highest BCUT2D eigenvalue weighted by Crippen LogP contribution is 2.16. The lowest BCUT2D eigenvalue weighted by atomic mass is 10.2. The van der Waals surface area contributed by atoms with Crippen molar-refractivity contribution in [1.29, 1.82) is 0 Å². The van der Waals surface area contributed by atoms with E-state index < -0.39 is 8.07 Å². The maximum absolute atomic E-state index is 4.12. The van der Waals surface area contributed by atoms with E-state index in [0.29, 0.717) is 0 Å². The minimum absolute atomic E-state index is 0.832. The van der Waals surface area contributed by atoms with Crippen LogP contribution in [-0.4, -0.2) is 21.1 Å². The summed E-state index contributed by atoms with van der Waals surface area (Å²) in [6, 6.07) is 10.4. The first-order valence-corrected chi connectivity index (χ1v) is 8.70. The Kier molecular flexibility index (Phi) is 4.25. The molecule has 0 fully saturated rings. The van der Waals surface area contributed by atoms with E-state index >= 15 is 0 Å². The second kappa shape index (κ2) is 5.46. The van der Waals surface area contributed by atoms with E-state index in [2.05, 4.69) is 47.1 Å². The van der Waals surface area contributed by atoms with Gasteiger partial charge in [0, 0.05) is 7.05 Å². The normalized spacial score (nSPS) is 9.75. The van der Waals surface area contributed by atoms with Crippen LogP contribution in [0.25, 0.3) is 0 Å². The fourth-order valence-corrected chi connectivity index (χ4v) is 1.55. The Morgan fingerprint density at radius 2 is 1.81 bits per heavy atom. The molecule has 3 heteroatoms. The minimum Gasteiger partial charge on any atom is -0.229 e. The summed E-state index contributed by atoms with van der Waals surface area (Å²) >= 11 is 0. The van der Waals surface area contributed by atoms with Gasteiger partial charge in [-0.1, -0.05) is 37.7 Å². The molecule has 1 aromatic carbocycles. The van der Waals surface area contributed by atoms with Crippen molar-refractivity contribution in [2.75, 3.05) is 7.05 Å². The Morgan fingerprint density at radius 3 is 2.44 bits per heavy atom. The van der Waals surface area contributed by atoms with Crippen LogP contribution in [0.3, 0.4) is 0 Å². The van der Waals surface area contributed by atoms with Crippen LogP contribution in [0.5, 0.6) is 0 Å². The lowest BCUT2D eigenvalue weighted by Gasteiger charge is -2.03. The summed E-state index contributed by atoms with van der Waals surface area (Å²) < 4.78 is 0. The number of nitrogens with zero attached hydrogens (tertiary/aromatic N) is 2. The van der Waals surface area contributed by atoms with Crippen LogP contribution in [0.4, 0.5) is 5.69 Å². The molecular formula is C13H16N2Si. The molecule has 0 radical (unpaired) electrons. The fraction of sp³-hybridized carbons (Fsp3) is 0.308. The zero-order valence-corrected chi connectivity index (χ0v) is 11.2. The van der Waals surface area contributed by atoms with Crippen LogP contribution in [0.2, 0.25) is 19.6 Å². The Morgan fingerprint density at radius 1 is 1.12 bits per heavy atom. The van der Waals surface area contributed by atoms with Crippen LogP contribution in [-0.2, 0) is 0 Å². The molecule has 0 saturated carbocycles. The second-order valence-electron chi connectivity index (χ2n) is 4.45. The molecule has 0 bridgehead atoms. The van der Waals surface area contributed by atoms with E-state index in [0.717, 1.165) is 11.3 Å². The standard InChI is InChI=1S/C13H16N2Si/c1-14-11-15-13-8-6-5-7-12(13)9-10-16(2,3)4/h5-8H,1-4H3. The summed E-state index contributed by atoms with van der Waals surface area (Å²) in [6.07, 6.45) is 0. The van der Waals surface area contributed by atoms with Crippen molar-refractivity contribution in [3.8, 4) is 11.5 Å². The highest BCUT2D eigenvalue weighted by Gasteiger charge is 2.07. The van der Waals surface area contributed by atoms with Crippen molar-refractivity contribution >= 4 is 19.8 Å². The fourth-order valence-electron chi connectivity index (χ4n) is 1.04. The van der Waals surface area contributed by atoms with Gasteiger partial charge in [0.25, 0.3) is 0 Å². The number of hydrogen-bond donors (Lipinski definition) is 0. The van der Waals surface area contributed by atoms with Gasteiger partial charge in [-0.2, -0.15) is 4.99 Å². The van der Waals surface area contributed by atoms with Crippen molar-refractivity contribution in [3.63, 3.8) is 0 Å². The molecule has 0 aliphatic heterocycles. The van der Waals surface area contributed by atoms with Crippen molar-refractivity contribution < 1.29 is 0 Å². The maximum atomic E-state index is 4.12. The van der Waals surface area contributed by atoms with Gasteiger partial charge in [0.15, 0.2) is 0 Å². The Hall–Kier alpha value is -1.62. The molecule has 0 saturated heterocycles. The van der Waals surface area contributed by atoms with Crippen LogP contribution in [0.15, 0.2) is 34.3 Å². The summed E-state index contributed by atoms with van der Waals surface area (Å²) in [5, 5.41) is 0. The SMILES string of the molecule is CN=C=Nc1ccccc1C#C[Si](C)(C)C. The van der Waals surface area contributed by atoms with Crippen molar-refractivity contribution in [2.24, 2.45) is 9.98 Å². The number of benzene rings is 1. The highest BCUT2D eigenvalue weighted by molar-refractivity contribution is 6.83. The highest BCUT2D eigenvalue weighted by atomic mass is 28.3. The molecule has 0 amide bonds. The van der Waals surface area contributed by atoms with Crippen LogP contribution < -0.4 is 0 Å². The van der Waals surface area contributed by atoms with Crippen LogP contribution in [0, 0.1) is 11.5 Å². The first kappa shape index (κ1) is 12.4. The number of hydrogen-bond acceptors (Lipinski definition) is 2. The molecule has 0 unspecified atom stereocenters. The molecule has 0 N–H and O–H groups in total. The lowest BCUT2D eigenvalue weighted by Crippen LogP contribution is -2.16. The number of rotatable bonds is 1. The number of aliphatic imine (C=N–C) groups is 2. The summed E-state index contributed by atoms with van der Waals surface area (Å²) in [5.41, 5.74) is 5.10. The summed E-state index contributed by atoms with van der Waals surface area (Å²) in [6.45, 7) is 6.66. The quantitative estimate of drug-likeness (QED) is 0.400. The molecule has 1 aromatic rings. The Labute approximate surface area is 98.2 Å². The van der Waals surface area contributed by atoms with Gasteiger partial charge in [0.2, 0.25) is 0 Å². The number of para-hydroxylation sites is 1. The molecule has 1 rings (SSSR count). The molecule has 0 spiro atoms. The Bertz CT molecular complexity index is 481. The van der Waals surface area contributed by atoms with E-state index in [-0.39, 0.29) is 0 Å². The second-order valence-corrected chi connectivity index (χ2v) is 9.20. The average Bonchev–Trinajstić information content (AvgIpc) is 2.23. The monoisotopic (exact) mass is 228 g/mol. The molecule has 0 aliphatic carbocycles. The molecule has 16 heavy (non-hydrogen) atoms. The third-order valence-corrected chi connectivity index (χ3v) is 2.62. The Balaban J connectivity index is 3.13. The first-order chi connectivity index (χ1) is 7.53.